The quantitative estimate of drug-likeness (QED) is 0.333. The Bertz CT molecular complexity index is 1090. The number of morpholine rings is 1. The SMILES string of the molecule is CCOc1cc(C=Nc2ccc(N3CCOCC3)cc2)c(Br)cc1OCc1cccc(C)c1. The molecule has 1 heterocycles. The van der Waals surface area contributed by atoms with Gasteiger partial charge in [0.2, 0.25) is 0 Å². The van der Waals surface area contributed by atoms with E-state index in [0.29, 0.717) is 24.7 Å². The molecule has 0 radical (unpaired) electrons. The van der Waals surface area contributed by atoms with Crippen molar-refractivity contribution in [3.05, 3.63) is 81.8 Å². The number of rotatable bonds is 8. The van der Waals surface area contributed by atoms with Crippen LogP contribution in [0.15, 0.2) is 70.1 Å². The van der Waals surface area contributed by atoms with Gasteiger partial charge in [-0.15, -0.1) is 0 Å². The highest BCUT2D eigenvalue weighted by molar-refractivity contribution is 9.10. The number of hydrogen-bond acceptors (Lipinski definition) is 5. The van der Waals surface area contributed by atoms with Gasteiger partial charge in [0.15, 0.2) is 11.5 Å². The average Bonchev–Trinajstić information content (AvgIpc) is 2.84. The minimum atomic E-state index is 0.483. The van der Waals surface area contributed by atoms with Gasteiger partial charge in [-0.2, -0.15) is 0 Å². The van der Waals surface area contributed by atoms with Crippen LogP contribution in [-0.4, -0.2) is 39.1 Å². The molecule has 0 saturated carbocycles. The first-order valence-electron chi connectivity index (χ1n) is 11.2. The van der Waals surface area contributed by atoms with Gasteiger partial charge in [0.1, 0.15) is 6.61 Å². The van der Waals surface area contributed by atoms with E-state index in [1.807, 2.05) is 43.5 Å². The molecule has 1 aliphatic rings. The number of hydrogen-bond donors (Lipinski definition) is 0. The summed E-state index contributed by atoms with van der Waals surface area (Å²) in [4.78, 5) is 6.99. The summed E-state index contributed by atoms with van der Waals surface area (Å²) in [5.74, 6) is 1.41. The zero-order valence-electron chi connectivity index (χ0n) is 19.1. The number of aliphatic imine (C=N–C) groups is 1. The van der Waals surface area contributed by atoms with Gasteiger partial charge in [-0.3, -0.25) is 4.99 Å². The predicted molar refractivity (Wildman–Crippen MR) is 138 cm³/mol. The van der Waals surface area contributed by atoms with E-state index in [1.54, 1.807) is 0 Å². The fourth-order valence-corrected chi connectivity index (χ4v) is 4.13. The van der Waals surface area contributed by atoms with Crippen molar-refractivity contribution in [3.8, 4) is 11.5 Å². The Hall–Kier alpha value is -2.83. The van der Waals surface area contributed by atoms with E-state index >= 15 is 0 Å². The molecule has 0 atom stereocenters. The molecule has 33 heavy (non-hydrogen) atoms. The van der Waals surface area contributed by atoms with E-state index in [1.165, 1.54) is 11.3 Å². The Morgan fingerprint density at radius 1 is 1.00 bits per heavy atom. The van der Waals surface area contributed by atoms with E-state index in [-0.39, 0.29) is 0 Å². The number of benzene rings is 3. The first-order valence-corrected chi connectivity index (χ1v) is 12.0. The lowest BCUT2D eigenvalue weighted by molar-refractivity contribution is 0.122. The first kappa shape index (κ1) is 23.3. The molecule has 1 saturated heterocycles. The molecule has 0 amide bonds. The third-order valence-corrected chi connectivity index (χ3v) is 6.11. The summed E-state index contributed by atoms with van der Waals surface area (Å²) in [6.07, 6.45) is 1.85. The summed E-state index contributed by atoms with van der Waals surface area (Å²) < 4.78 is 18.3. The van der Waals surface area contributed by atoms with E-state index in [0.717, 1.165) is 47.6 Å². The standard InChI is InChI=1S/C27H29BrN2O3/c1-3-32-26-16-22(25(28)17-27(26)33-19-21-6-4-5-20(2)15-21)18-29-23-7-9-24(10-8-23)30-11-13-31-14-12-30/h4-10,15-18H,3,11-14,19H2,1-2H3. The van der Waals surface area contributed by atoms with E-state index in [9.17, 15) is 0 Å². The second-order valence-electron chi connectivity index (χ2n) is 7.91. The monoisotopic (exact) mass is 508 g/mol. The van der Waals surface area contributed by atoms with Crippen LogP contribution in [0.5, 0.6) is 11.5 Å². The van der Waals surface area contributed by atoms with Crippen LogP contribution >= 0.6 is 15.9 Å². The maximum absolute atomic E-state index is 6.09. The topological polar surface area (TPSA) is 43.3 Å². The van der Waals surface area contributed by atoms with Gasteiger partial charge in [-0.25, -0.2) is 0 Å². The molecule has 6 heteroatoms. The summed E-state index contributed by atoms with van der Waals surface area (Å²) in [5, 5.41) is 0. The fourth-order valence-electron chi connectivity index (χ4n) is 3.71. The van der Waals surface area contributed by atoms with Crippen LogP contribution in [0, 0.1) is 6.92 Å². The molecule has 1 aliphatic heterocycles. The smallest absolute Gasteiger partial charge is 0.162 e. The van der Waals surface area contributed by atoms with E-state index < -0.39 is 0 Å². The lowest BCUT2D eigenvalue weighted by Crippen LogP contribution is -2.36. The molecule has 5 nitrogen and oxygen atoms in total. The van der Waals surface area contributed by atoms with Crippen molar-refractivity contribution in [2.24, 2.45) is 4.99 Å². The van der Waals surface area contributed by atoms with Gasteiger partial charge in [0.25, 0.3) is 0 Å². The summed E-state index contributed by atoms with van der Waals surface area (Å²) >= 11 is 3.66. The number of aryl methyl sites for hydroxylation is 1. The molecule has 3 aromatic carbocycles. The van der Waals surface area contributed by atoms with Gasteiger partial charge < -0.3 is 19.1 Å². The zero-order valence-corrected chi connectivity index (χ0v) is 20.7. The van der Waals surface area contributed by atoms with Gasteiger partial charge in [0.05, 0.1) is 25.5 Å². The third-order valence-electron chi connectivity index (χ3n) is 5.42. The number of anilines is 1. The molecule has 172 valence electrons. The molecular formula is C27H29BrN2O3. The highest BCUT2D eigenvalue weighted by atomic mass is 79.9. The van der Waals surface area contributed by atoms with Crippen molar-refractivity contribution in [2.45, 2.75) is 20.5 Å². The van der Waals surface area contributed by atoms with Crippen LogP contribution < -0.4 is 14.4 Å². The highest BCUT2D eigenvalue weighted by Gasteiger charge is 2.12. The predicted octanol–water partition coefficient (Wildman–Crippen LogP) is 6.32. The minimum absolute atomic E-state index is 0.483. The summed E-state index contributed by atoms with van der Waals surface area (Å²) in [6.45, 7) is 8.50. The summed E-state index contributed by atoms with van der Waals surface area (Å²) in [7, 11) is 0. The van der Waals surface area contributed by atoms with Crippen LogP contribution in [0.2, 0.25) is 0 Å². The van der Waals surface area contributed by atoms with Gasteiger partial charge >= 0.3 is 0 Å². The molecule has 0 N–H and O–H groups in total. The number of ether oxygens (including phenoxy) is 3. The molecule has 4 rings (SSSR count). The van der Waals surface area contributed by atoms with Crippen LogP contribution in [0.1, 0.15) is 23.6 Å². The van der Waals surface area contributed by atoms with Crippen LogP contribution in [-0.2, 0) is 11.3 Å². The Labute approximate surface area is 204 Å². The maximum Gasteiger partial charge on any atom is 0.162 e. The van der Waals surface area contributed by atoms with Crippen LogP contribution in [0.25, 0.3) is 0 Å². The maximum atomic E-state index is 6.09. The summed E-state index contributed by atoms with van der Waals surface area (Å²) in [5.41, 5.74) is 5.37. The Morgan fingerprint density at radius 2 is 1.76 bits per heavy atom. The van der Waals surface area contributed by atoms with Gasteiger partial charge in [-0.1, -0.05) is 29.8 Å². The molecular weight excluding hydrogens is 480 g/mol. The third kappa shape index (κ3) is 6.36. The van der Waals surface area contributed by atoms with E-state index in [4.69, 9.17) is 14.2 Å². The fraction of sp³-hybridized carbons (Fsp3) is 0.296. The minimum Gasteiger partial charge on any atom is -0.490 e. The first-order chi connectivity index (χ1) is 16.1. The summed E-state index contributed by atoms with van der Waals surface area (Å²) in [6, 6.07) is 20.5. The van der Waals surface area contributed by atoms with Crippen molar-refractivity contribution in [1.29, 1.82) is 0 Å². The molecule has 0 spiro atoms. The van der Waals surface area contributed by atoms with Crippen molar-refractivity contribution in [3.63, 3.8) is 0 Å². The number of nitrogens with zero attached hydrogens (tertiary/aromatic N) is 2. The molecule has 0 unspecified atom stereocenters. The van der Waals surface area contributed by atoms with Crippen molar-refractivity contribution >= 4 is 33.5 Å². The number of halogens is 1. The molecule has 0 aromatic heterocycles. The Balaban J connectivity index is 1.47. The van der Waals surface area contributed by atoms with Gasteiger partial charge in [-0.05, 0) is 71.7 Å². The molecule has 0 bridgehead atoms. The molecule has 1 fully saturated rings. The average molecular weight is 509 g/mol. The second kappa shape index (κ2) is 11.3. The molecule has 3 aromatic rings. The lowest BCUT2D eigenvalue weighted by atomic mass is 10.1. The van der Waals surface area contributed by atoms with E-state index in [2.05, 4.69) is 63.1 Å². The van der Waals surface area contributed by atoms with Crippen LogP contribution in [0.4, 0.5) is 11.4 Å². The largest absolute Gasteiger partial charge is 0.490 e. The highest BCUT2D eigenvalue weighted by Crippen LogP contribution is 2.34. The Kier molecular flexibility index (Phi) is 8.02. The zero-order chi connectivity index (χ0) is 23.0. The van der Waals surface area contributed by atoms with Crippen molar-refractivity contribution in [2.75, 3.05) is 37.8 Å². The normalized spacial score (nSPS) is 14.0. The van der Waals surface area contributed by atoms with Crippen molar-refractivity contribution in [1.82, 2.24) is 0 Å². The lowest BCUT2D eigenvalue weighted by Gasteiger charge is -2.28. The van der Waals surface area contributed by atoms with Gasteiger partial charge in [0, 0.05) is 35.0 Å². The Morgan fingerprint density at radius 3 is 2.48 bits per heavy atom. The second-order valence-corrected chi connectivity index (χ2v) is 8.76. The van der Waals surface area contributed by atoms with Crippen LogP contribution in [0.3, 0.4) is 0 Å². The molecule has 0 aliphatic carbocycles. The van der Waals surface area contributed by atoms with Crippen molar-refractivity contribution < 1.29 is 14.2 Å².